The Morgan fingerprint density at radius 2 is 1.27 bits per heavy atom. The summed E-state index contributed by atoms with van der Waals surface area (Å²) in [6, 6.07) is 47.7. The van der Waals surface area contributed by atoms with Crippen LogP contribution >= 0.6 is 0 Å². The fourth-order valence-electron chi connectivity index (χ4n) is 7.09. The quantitative estimate of drug-likeness (QED) is 0.223. The van der Waals surface area contributed by atoms with Crippen molar-refractivity contribution in [2.75, 3.05) is 4.90 Å². The zero-order chi connectivity index (χ0) is 27.1. The van der Waals surface area contributed by atoms with Crippen LogP contribution in [0.1, 0.15) is 5.56 Å². The van der Waals surface area contributed by atoms with E-state index in [4.69, 9.17) is 4.74 Å². The van der Waals surface area contributed by atoms with Crippen molar-refractivity contribution in [1.82, 2.24) is 4.57 Å². The molecule has 0 atom stereocenters. The number of hydrogen-bond acceptors (Lipinski definition) is 2. The predicted molar refractivity (Wildman–Crippen MR) is 171 cm³/mol. The third kappa shape index (κ3) is 3.05. The normalized spacial score (nSPS) is 12.7. The van der Waals surface area contributed by atoms with Crippen molar-refractivity contribution in [1.29, 1.82) is 0 Å². The zero-order valence-corrected chi connectivity index (χ0v) is 22.6. The Kier molecular flexibility index (Phi) is 4.62. The van der Waals surface area contributed by atoms with Gasteiger partial charge in [0, 0.05) is 27.8 Å². The van der Waals surface area contributed by atoms with E-state index in [1.165, 1.54) is 43.9 Å². The van der Waals surface area contributed by atoms with Gasteiger partial charge in [0.05, 0.1) is 16.7 Å². The molecule has 0 amide bonds. The monoisotopic (exact) mass is 524 g/mol. The predicted octanol–water partition coefficient (Wildman–Crippen LogP) is 7.50. The molecule has 0 saturated carbocycles. The molecule has 0 N–H and O–H groups in total. The van der Waals surface area contributed by atoms with E-state index < -0.39 is 0 Å². The number of aromatic nitrogens is 1. The van der Waals surface area contributed by atoms with Gasteiger partial charge in [0.25, 0.3) is 6.71 Å². The van der Waals surface area contributed by atoms with Gasteiger partial charge in [0.2, 0.25) is 0 Å². The Labute approximate surface area is 238 Å². The number of nitrogens with zero attached hydrogens (tertiary/aromatic N) is 2. The first kappa shape index (κ1) is 22.6. The summed E-state index contributed by atoms with van der Waals surface area (Å²) in [5.41, 5.74) is 11.9. The van der Waals surface area contributed by atoms with Gasteiger partial charge in [-0.25, -0.2) is 0 Å². The molecule has 0 bridgehead atoms. The summed E-state index contributed by atoms with van der Waals surface area (Å²) in [6.45, 7) is 2.26. The van der Waals surface area contributed by atoms with Crippen LogP contribution in [0.4, 0.5) is 17.1 Å². The smallest absolute Gasteiger partial charge is 0.256 e. The van der Waals surface area contributed by atoms with Crippen LogP contribution in [0.2, 0.25) is 0 Å². The molecule has 192 valence electrons. The molecular formula is C37H25BN2O. The van der Waals surface area contributed by atoms with Crippen LogP contribution in [0.25, 0.3) is 27.5 Å². The maximum atomic E-state index is 7.09. The first-order valence-corrected chi connectivity index (χ1v) is 14.2. The number of rotatable bonds is 3. The third-order valence-corrected chi connectivity index (χ3v) is 8.72. The van der Waals surface area contributed by atoms with Crippen LogP contribution in [0.5, 0.6) is 11.5 Å². The summed E-state index contributed by atoms with van der Waals surface area (Å²) in [5.74, 6) is 1.89. The van der Waals surface area contributed by atoms with E-state index >= 15 is 0 Å². The van der Waals surface area contributed by atoms with Gasteiger partial charge in [-0.1, -0.05) is 84.9 Å². The molecular weight excluding hydrogens is 499 g/mol. The molecule has 41 heavy (non-hydrogen) atoms. The minimum atomic E-state index is 0.0671. The molecule has 6 aromatic carbocycles. The van der Waals surface area contributed by atoms with Crippen molar-refractivity contribution in [2.45, 2.75) is 6.92 Å². The summed E-state index contributed by atoms with van der Waals surface area (Å²) >= 11 is 0. The molecule has 2 aliphatic rings. The van der Waals surface area contributed by atoms with Gasteiger partial charge in [-0.15, -0.1) is 0 Å². The molecule has 0 saturated heterocycles. The molecule has 2 aliphatic heterocycles. The van der Waals surface area contributed by atoms with Crippen LogP contribution in [0, 0.1) is 6.92 Å². The van der Waals surface area contributed by atoms with Gasteiger partial charge in [-0.3, -0.25) is 0 Å². The summed E-state index contributed by atoms with van der Waals surface area (Å²) in [7, 11) is 0. The van der Waals surface area contributed by atoms with Gasteiger partial charge in [0.15, 0.2) is 0 Å². The fraction of sp³-hybridized carbons (Fsp3) is 0.0270. The second-order valence-corrected chi connectivity index (χ2v) is 11.0. The number of para-hydroxylation sites is 5. The molecule has 0 aliphatic carbocycles. The SMILES string of the molecule is Cc1cc2c3ccccc3n3c2c2c1Oc1c(cccc1N(c1ccccc1)c1ccccc1)B2c1ccccc1-3. The highest BCUT2D eigenvalue weighted by molar-refractivity contribution is 6.99. The largest absolute Gasteiger partial charge is 0.456 e. The van der Waals surface area contributed by atoms with Gasteiger partial charge in [0.1, 0.15) is 11.5 Å². The highest BCUT2D eigenvalue weighted by Crippen LogP contribution is 2.45. The first-order valence-electron chi connectivity index (χ1n) is 14.2. The van der Waals surface area contributed by atoms with Crippen LogP contribution < -0.4 is 26.0 Å². The summed E-state index contributed by atoms with van der Waals surface area (Å²) in [4.78, 5) is 2.31. The number of ether oxygens (including phenoxy) is 1. The van der Waals surface area contributed by atoms with Crippen molar-refractivity contribution in [3.8, 4) is 17.2 Å². The Morgan fingerprint density at radius 1 is 0.610 bits per heavy atom. The van der Waals surface area contributed by atoms with E-state index in [0.717, 1.165) is 34.1 Å². The third-order valence-electron chi connectivity index (χ3n) is 8.72. The maximum absolute atomic E-state index is 7.09. The molecule has 0 unspecified atom stereocenters. The van der Waals surface area contributed by atoms with Gasteiger partial charge >= 0.3 is 0 Å². The molecule has 3 nitrogen and oxygen atoms in total. The van der Waals surface area contributed by atoms with Crippen LogP contribution in [-0.2, 0) is 0 Å². The van der Waals surface area contributed by atoms with Crippen LogP contribution in [0.3, 0.4) is 0 Å². The minimum Gasteiger partial charge on any atom is -0.456 e. The number of anilines is 3. The Balaban J connectivity index is 1.38. The number of fused-ring (bicyclic) bond motifs is 8. The highest BCUT2D eigenvalue weighted by Gasteiger charge is 2.42. The zero-order valence-electron chi connectivity index (χ0n) is 22.6. The number of aryl methyl sites for hydroxylation is 1. The summed E-state index contributed by atoms with van der Waals surface area (Å²) in [6.07, 6.45) is 0. The average Bonchev–Trinajstić information content (AvgIpc) is 3.36. The van der Waals surface area contributed by atoms with Crippen molar-refractivity contribution in [3.05, 3.63) is 139 Å². The lowest BCUT2D eigenvalue weighted by Crippen LogP contribution is -2.58. The van der Waals surface area contributed by atoms with Crippen molar-refractivity contribution >= 4 is 62.0 Å². The molecule has 4 heteroatoms. The first-order chi connectivity index (χ1) is 20.3. The van der Waals surface area contributed by atoms with E-state index in [1.54, 1.807) is 0 Å². The standard InChI is InChI=1S/C37H25BN2O/c1-24-23-28-27-17-8-10-20-31(27)40-32-21-11-9-18-29(32)38-30-19-12-22-33(37(30)41-36(24)34(38)35(28)40)39(25-13-4-2-5-14-25)26-15-6-3-7-16-26/h2-23H,1H3. The topological polar surface area (TPSA) is 17.4 Å². The fourth-order valence-corrected chi connectivity index (χ4v) is 7.09. The van der Waals surface area contributed by atoms with Crippen LogP contribution in [-0.4, -0.2) is 11.3 Å². The van der Waals surface area contributed by atoms with Crippen molar-refractivity contribution in [3.63, 3.8) is 0 Å². The van der Waals surface area contributed by atoms with E-state index in [-0.39, 0.29) is 6.71 Å². The van der Waals surface area contributed by atoms with Gasteiger partial charge < -0.3 is 14.2 Å². The van der Waals surface area contributed by atoms with E-state index in [2.05, 4.69) is 150 Å². The summed E-state index contributed by atoms with van der Waals surface area (Å²) < 4.78 is 9.54. The maximum Gasteiger partial charge on any atom is 0.256 e. The average molecular weight is 524 g/mol. The molecule has 0 spiro atoms. The number of benzene rings is 6. The second kappa shape index (κ2) is 8.39. The van der Waals surface area contributed by atoms with Crippen molar-refractivity contribution < 1.29 is 4.74 Å². The Hall–Kier alpha value is -5.22. The molecule has 7 aromatic rings. The van der Waals surface area contributed by atoms with E-state index in [9.17, 15) is 0 Å². The lowest BCUT2D eigenvalue weighted by Gasteiger charge is -2.36. The van der Waals surface area contributed by atoms with Crippen LogP contribution in [0.15, 0.2) is 133 Å². The minimum absolute atomic E-state index is 0.0671. The second-order valence-electron chi connectivity index (χ2n) is 11.0. The van der Waals surface area contributed by atoms with Crippen molar-refractivity contribution in [2.24, 2.45) is 0 Å². The molecule has 0 radical (unpaired) electrons. The molecule has 1 aromatic heterocycles. The molecule has 3 heterocycles. The summed E-state index contributed by atoms with van der Waals surface area (Å²) in [5, 5.41) is 2.57. The van der Waals surface area contributed by atoms with Gasteiger partial charge in [-0.2, -0.15) is 0 Å². The molecule has 0 fully saturated rings. The van der Waals surface area contributed by atoms with Gasteiger partial charge in [-0.05, 0) is 77.4 Å². The Morgan fingerprint density at radius 3 is 2.05 bits per heavy atom. The van der Waals surface area contributed by atoms with E-state index in [1.807, 2.05) is 0 Å². The molecule has 9 rings (SSSR count). The lowest BCUT2D eigenvalue weighted by atomic mass is 9.34. The number of hydrogen-bond donors (Lipinski definition) is 0. The highest BCUT2D eigenvalue weighted by atomic mass is 16.5. The van der Waals surface area contributed by atoms with E-state index in [0.29, 0.717) is 0 Å². The lowest BCUT2D eigenvalue weighted by molar-refractivity contribution is 0.485. The Bertz CT molecular complexity index is 2110.